The molecule has 0 bridgehead atoms. The maximum atomic E-state index is 15.2. The zero-order chi connectivity index (χ0) is 38.8. The third kappa shape index (κ3) is 9.92. The first-order valence-electron chi connectivity index (χ1n) is 15.9. The number of carbonyl (C=O) groups excluding carboxylic acids is 2. The fraction of sp³-hybridized carbons (Fsp3) is 0.189. The number of ether oxygens (including phenoxy) is 3. The molecule has 3 aromatic carbocycles. The molecule has 0 aliphatic rings. The Morgan fingerprint density at radius 1 is 0.962 bits per heavy atom. The summed E-state index contributed by atoms with van der Waals surface area (Å²) < 4.78 is 34.6. The van der Waals surface area contributed by atoms with Gasteiger partial charge in [0.15, 0.2) is 11.6 Å². The molecule has 0 saturated carbocycles. The number of para-hydroxylation sites is 1. The average molecular weight is 730 g/mol. The van der Waals surface area contributed by atoms with Crippen molar-refractivity contribution in [2.45, 2.75) is 39.5 Å². The summed E-state index contributed by atoms with van der Waals surface area (Å²) in [6.07, 6.45) is 2.00. The lowest BCUT2D eigenvalue weighted by Crippen LogP contribution is -2.34. The fourth-order valence-electron chi connectivity index (χ4n) is 4.98. The number of nitrogens with two attached hydrogens (primary N) is 1. The smallest absolute Gasteiger partial charge is 0.328 e. The summed E-state index contributed by atoms with van der Waals surface area (Å²) in [6, 6.07) is 18.8. The number of esters is 1. The molecule has 2 atom stereocenters. The number of amides is 1. The van der Waals surface area contributed by atoms with Gasteiger partial charge in [-0.15, -0.1) is 0 Å². The van der Waals surface area contributed by atoms with Crippen LogP contribution in [0.2, 0.25) is 0 Å². The Morgan fingerprint density at radius 2 is 1.64 bits per heavy atom. The number of rotatable bonds is 12. The van der Waals surface area contributed by atoms with E-state index in [1.807, 2.05) is 0 Å². The summed E-state index contributed by atoms with van der Waals surface area (Å²) in [4.78, 5) is 62.6. The highest BCUT2D eigenvalue weighted by Crippen LogP contribution is 2.33. The Bertz CT molecular complexity index is 2210. The van der Waals surface area contributed by atoms with Gasteiger partial charge in [0.1, 0.15) is 29.2 Å². The maximum Gasteiger partial charge on any atom is 0.328 e. The molecule has 1 amide bonds. The molecule has 53 heavy (non-hydrogen) atoms. The van der Waals surface area contributed by atoms with Crippen molar-refractivity contribution >= 4 is 40.4 Å². The number of nitrogens with zero attached hydrogens (tertiary/aromatic N) is 3. The predicted molar refractivity (Wildman–Crippen MR) is 191 cm³/mol. The highest BCUT2D eigenvalue weighted by molar-refractivity contribution is 6.05. The second kappa shape index (κ2) is 17.4. The van der Waals surface area contributed by atoms with Crippen molar-refractivity contribution in [3.63, 3.8) is 0 Å². The SMILES string of the molecule is COc1ccc2c(Oc3ccc(NC(=O)c4c(C)n(C[C@@H](C)OC(=O)[C@H](C)N)n(-c5ccccc5)c4=O)cc3F)ccnc2c1.O=C(O)/C=C\C(=O)O. The van der Waals surface area contributed by atoms with E-state index in [0.29, 0.717) is 45.9 Å². The molecule has 0 radical (unpaired) electrons. The number of hydrogen-bond donors (Lipinski definition) is 4. The van der Waals surface area contributed by atoms with Gasteiger partial charge in [-0.25, -0.2) is 18.7 Å². The largest absolute Gasteiger partial charge is 0.497 e. The Balaban J connectivity index is 0.000000703. The van der Waals surface area contributed by atoms with E-state index in [4.69, 9.17) is 30.2 Å². The molecular formula is C37H36FN5O10. The first-order valence-corrected chi connectivity index (χ1v) is 15.9. The van der Waals surface area contributed by atoms with Crippen LogP contribution in [0, 0.1) is 12.7 Å². The van der Waals surface area contributed by atoms with Crippen LogP contribution in [-0.4, -0.2) is 67.6 Å². The van der Waals surface area contributed by atoms with Crippen LogP contribution in [0.3, 0.4) is 0 Å². The zero-order valence-corrected chi connectivity index (χ0v) is 29.0. The number of carboxylic acid groups (broad SMARTS) is 2. The van der Waals surface area contributed by atoms with Gasteiger partial charge in [0.05, 0.1) is 30.6 Å². The summed E-state index contributed by atoms with van der Waals surface area (Å²) in [5, 5.41) is 18.9. The maximum absolute atomic E-state index is 15.2. The number of pyridine rings is 1. The number of aliphatic carboxylic acids is 2. The van der Waals surface area contributed by atoms with Crippen LogP contribution >= 0.6 is 0 Å². The molecule has 0 spiro atoms. The lowest BCUT2D eigenvalue weighted by molar-refractivity contribution is -0.150. The third-order valence-corrected chi connectivity index (χ3v) is 7.43. The number of hydrogen-bond acceptors (Lipinski definition) is 10. The van der Waals surface area contributed by atoms with Gasteiger partial charge in [0.2, 0.25) is 0 Å². The van der Waals surface area contributed by atoms with Crippen molar-refractivity contribution in [1.82, 2.24) is 14.3 Å². The van der Waals surface area contributed by atoms with Crippen LogP contribution in [0.4, 0.5) is 10.1 Å². The molecule has 0 aliphatic heterocycles. The molecule has 5 aromatic rings. The number of methoxy groups -OCH3 is 1. The second-order valence-corrected chi connectivity index (χ2v) is 11.4. The van der Waals surface area contributed by atoms with Crippen LogP contribution < -0.4 is 26.1 Å². The number of nitrogens with one attached hydrogen (secondary N) is 1. The number of benzene rings is 3. The van der Waals surface area contributed by atoms with E-state index < -0.39 is 47.3 Å². The Kier molecular flexibility index (Phi) is 12.8. The van der Waals surface area contributed by atoms with E-state index >= 15 is 4.39 Å². The molecule has 0 aliphatic carbocycles. The van der Waals surface area contributed by atoms with Crippen molar-refractivity contribution in [3.05, 3.63) is 119 Å². The van der Waals surface area contributed by atoms with E-state index in [1.54, 1.807) is 86.4 Å². The van der Waals surface area contributed by atoms with Crippen LogP contribution in [-0.2, 0) is 25.7 Å². The van der Waals surface area contributed by atoms with Gasteiger partial charge >= 0.3 is 17.9 Å². The number of aromatic nitrogens is 3. The monoisotopic (exact) mass is 729 g/mol. The van der Waals surface area contributed by atoms with E-state index in [0.717, 1.165) is 6.07 Å². The van der Waals surface area contributed by atoms with Gasteiger partial charge < -0.3 is 35.5 Å². The minimum absolute atomic E-state index is 0.0683. The minimum atomic E-state index is -1.26. The quantitative estimate of drug-likeness (QED) is 0.102. The summed E-state index contributed by atoms with van der Waals surface area (Å²) in [7, 11) is 1.55. The van der Waals surface area contributed by atoms with Crippen molar-refractivity contribution in [1.29, 1.82) is 0 Å². The second-order valence-electron chi connectivity index (χ2n) is 11.4. The van der Waals surface area contributed by atoms with E-state index in [-0.39, 0.29) is 23.5 Å². The first-order chi connectivity index (χ1) is 25.2. The van der Waals surface area contributed by atoms with Crippen molar-refractivity contribution < 1.29 is 48.0 Å². The number of fused-ring (bicyclic) bond motifs is 1. The molecule has 0 saturated heterocycles. The summed E-state index contributed by atoms with van der Waals surface area (Å²) >= 11 is 0. The number of carboxylic acids is 2. The normalized spacial score (nSPS) is 12.0. The molecule has 5 N–H and O–H groups in total. The summed E-state index contributed by atoms with van der Waals surface area (Å²) in [6.45, 7) is 4.86. The van der Waals surface area contributed by atoms with Gasteiger partial charge in [-0.1, -0.05) is 18.2 Å². The molecule has 276 valence electrons. The van der Waals surface area contributed by atoms with Crippen LogP contribution in [0.25, 0.3) is 16.6 Å². The highest BCUT2D eigenvalue weighted by Gasteiger charge is 2.26. The molecule has 5 rings (SSSR count). The molecule has 0 fully saturated rings. The standard InChI is InChI=1S/C33H32FN5O6.C4H4O4/c1-19(44-33(42)20(2)35)18-38-21(3)30(32(41)39(38)23-8-6-5-7-9-23)31(40)37-22-10-13-29(26(34)16-22)45-28-14-15-36-27-17-24(43-4)11-12-25(27)28;5-3(6)1-2-4(7)8/h5-17,19-20H,18,35H2,1-4H3,(H,37,40);1-2H,(H,5,6)(H,7,8)/b;2-1-/t19-,20+;/m1./s1. The lowest BCUT2D eigenvalue weighted by atomic mass is 10.2. The zero-order valence-electron chi connectivity index (χ0n) is 29.0. The average Bonchev–Trinajstić information content (AvgIpc) is 3.36. The van der Waals surface area contributed by atoms with E-state index in [9.17, 15) is 24.0 Å². The first kappa shape index (κ1) is 39.0. The summed E-state index contributed by atoms with van der Waals surface area (Å²) in [5.74, 6) is -3.63. The van der Waals surface area contributed by atoms with Gasteiger partial charge in [0, 0.05) is 41.6 Å². The van der Waals surface area contributed by atoms with Crippen LogP contribution in [0.1, 0.15) is 29.9 Å². The van der Waals surface area contributed by atoms with Crippen molar-refractivity contribution in [2.75, 3.05) is 12.4 Å². The molecular weight excluding hydrogens is 693 g/mol. The van der Waals surface area contributed by atoms with Crippen molar-refractivity contribution in [2.24, 2.45) is 5.73 Å². The molecule has 15 nitrogen and oxygen atoms in total. The Labute approximate surface area is 301 Å². The van der Waals surface area contributed by atoms with Gasteiger partial charge in [0.25, 0.3) is 11.5 Å². The fourth-order valence-corrected chi connectivity index (χ4v) is 4.98. The molecule has 0 unspecified atom stereocenters. The molecule has 16 heteroatoms. The van der Waals surface area contributed by atoms with Gasteiger partial charge in [-0.2, -0.15) is 0 Å². The Morgan fingerprint density at radius 3 is 2.25 bits per heavy atom. The summed E-state index contributed by atoms with van der Waals surface area (Å²) in [5.41, 5.74) is 6.45. The minimum Gasteiger partial charge on any atom is -0.497 e. The van der Waals surface area contributed by atoms with Crippen LogP contribution in [0.15, 0.2) is 95.9 Å². The van der Waals surface area contributed by atoms with Gasteiger partial charge in [-0.3, -0.25) is 24.0 Å². The van der Waals surface area contributed by atoms with Crippen molar-refractivity contribution in [3.8, 4) is 22.9 Å². The van der Waals surface area contributed by atoms with Crippen LogP contribution in [0.5, 0.6) is 17.2 Å². The van der Waals surface area contributed by atoms with Gasteiger partial charge in [-0.05, 0) is 63.2 Å². The Hall–Kier alpha value is -6.81. The third-order valence-electron chi connectivity index (χ3n) is 7.43. The van der Waals surface area contributed by atoms with E-state index in [2.05, 4.69) is 10.3 Å². The number of halogens is 1. The lowest BCUT2D eigenvalue weighted by Gasteiger charge is -2.19. The molecule has 2 aromatic heterocycles. The molecule has 2 heterocycles. The number of carbonyl (C=O) groups is 4. The highest BCUT2D eigenvalue weighted by atomic mass is 19.1. The predicted octanol–water partition coefficient (Wildman–Crippen LogP) is 4.68. The topological polar surface area (TPSA) is 214 Å². The number of anilines is 1. The van der Waals surface area contributed by atoms with E-state index in [1.165, 1.54) is 23.7 Å².